The molecule has 0 bridgehead atoms. The van der Waals surface area contributed by atoms with E-state index in [1.807, 2.05) is 0 Å². The van der Waals surface area contributed by atoms with Crippen molar-refractivity contribution in [2.24, 2.45) is 5.73 Å². The third kappa shape index (κ3) is 4.54. The topological polar surface area (TPSA) is 116 Å². The Balaban J connectivity index is 2.27. The molecule has 3 N–H and O–H groups in total. The number of benzene rings is 2. The minimum Gasteiger partial charge on any atom is -0.449 e. The Kier molecular flexibility index (Phi) is 5.38. The molecule has 0 aromatic heterocycles. The van der Waals surface area contributed by atoms with Crippen molar-refractivity contribution in [1.82, 2.24) is 0 Å². The number of amides is 1. The van der Waals surface area contributed by atoms with Crippen LogP contribution in [-0.2, 0) is 19.6 Å². The van der Waals surface area contributed by atoms with Crippen molar-refractivity contribution >= 4 is 27.6 Å². The van der Waals surface area contributed by atoms with Gasteiger partial charge in [0.15, 0.2) is 6.10 Å². The van der Waals surface area contributed by atoms with Gasteiger partial charge >= 0.3 is 5.97 Å². The highest BCUT2D eigenvalue weighted by molar-refractivity contribution is 7.92. The predicted molar refractivity (Wildman–Crippen MR) is 87.7 cm³/mol. The number of halogens is 1. The van der Waals surface area contributed by atoms with Crippen LogP contribution >= 0.6 is 0 Å². The largest absolute Gasteiger partial charge is 0.449 e. The van der Waals surface area contributed by atoms with Crippen LogP contribution in [0.3, 0.4) is 0 Å². The molecule has 0 aliphatic heterocycles. The number of rotatable bonds is 6. The zero-order valence-corrected chi connectivity index (χ0v) is 13.9. The van der Waals surface area contributed by atoms with E-state index in [1.165, 1.54) is 43.3 Å². The van der Waals surface area contributed by atoms with Crippen molar-refractivity contribution in [3.8, 4) is 0 Å². The Morgan fingerprint density at radius 3 is 2.48 bits per heavy atom. The third-order valence-corrected chi connectivity index (χ3v) is 4.55. The molecule has 0 heterocycles. The highest BCUT2D eigenvalue weighted by Crippen LogP contribution is 2.20. The molecule has 132 valence electrons. The van der Waals surface area contributed by atoms with E-state index in [4.69, 9.17) is 10.5 Å². The van der Waals surface area contributed by atoms with Gasteiger partial charge in [0.2, 0.25) is 0 Å². The summed E-state index contributed by atoms with van der Waals surface area (Å²) in [4.78, 5) is 22.6. The van der Waals surface area contributed by atoms with Crippen LogP contribution in [0.5, 0.6) is 0 Å². The van der Waals surface area contributed by atoms with E-state index in [0.29, 0.717) is 0 Å². The minimum atomic E-state index is -4.13. The Labute approximate surface area is 143 Å². The van der Waals surface area contributed by atoms with Gasteiger partial charge in [0.1, 0.15) is 5.82 Å². The number of ether oxygens (including phenoxy) is 1. The Morgan fingerprint density at radius 1 is 1.16 bits per heavy atom. The molecule has 0 radical (unpaired) electrons. The second-order valence-corrected chi connectivity index (χ2v) is 6.75. The number of nitrogens with one attached hydrogen (secondary N) is 1. The fourth-order valence-corrected chi connectivity index (χ4v) is 2.94. The molecule has 0 aliphatic rings. The number of sulfonamides is 1. The molecule has 2 aromatic rings. The lowest BCUT2D eigenvalue weighted by Gasteiger charge is -2.11. The van der Waals surface area contributed by atoms with Gasteiger partial charge in [-0.2, -0.15) is 0 Å². The zero-order chi connectivity index (χ0) is 18.6. The van der Waals surface area contributed by atoms with Crippen molar-refractivity contribution in [2.75, 3.05) is 4.72 Å². The maximum absolute atomic E-state index is 13.6. The van der Waals surface area contributed by atoms with Crippen LogP contribution < -0.4 is 10.5 Å². The van der Waals surface area contributed by atoms with Gasteiger partial charge in [0.05, 0.1) is 16.1 Å². The molecule has 9 heteroatoms. The lowest BCUT2D eigenvalue weighted by Crippen LogP contribution is -2.30. The molecule has 0 fully saturated rings. The van der Waals surface area contributed by atoms with E-state index < -0.39 is 33.8 Å². The van der Waals surface area contributed by atoms with Crippen molar-refractivity contribution in [1.29, 1.82) is 0 Å². The molecule has 25 heavy (non-hydrogen) atoms. The van der Waals surface area contributed by atoms with Crippen LogP contribution in [0.15, 0.2) is 53.4 Å². The molecule has 2 rings (SSSR count). The summed E-state index contributed by atoms with van der Waals surface area (Å²) in [6.07, 6.45) is -1.16. The lowest BCUT2D eigenvalue weighted by atomic mass is 10.2. The summed E-state index contributed by atoms with van der Waals surface area (Å²) in [7, 11) is -4.13. The van der Waals surface area contributed by atoms with Gasteiger partial charge in [0, 0.05) is 0 Å². The number of para-hydroxylation sites is 1. The second kappa shape index (κ2) is 7.31. The van der Waals surface area contributed by atoms with Crippen molar-refractivity contribution in [2.45, 2.75) is 17.9 Å². The van der Waals surface area contributed by atoms with E-state index in [9.17, 15) is 22.4 Å². The maximum Gasteiger partial charge on any atom is 0.338 e. The molecule has 0 saturated carbocycles. The zero-order valence-electron chi connectivity index (χ0n) is 13.1. The first kappa shape index (κ1) is 18.4. The smallest absolute Gasteiger partial charge is 0.338 e. The summed E-state index contributed by atoms with van der Waals surface area (Å²) in [6.45, 7) is 1.29. The summed E-state index contributed by atoms with van der Waals surface area (Å²) in [6, 6.07) is 10.2. The second-order valence-electron chi connectivity index (χ2n) is 5.06. The monoisotopic (exact) mass is 366 g/mol. The molecule has 7 nitrogen and oxygen atoms in total. The number of esters is 1. The quantitative estimate of drug-likeness (QED) is 0.754. The number of hydrogen-bond donors (Lipinski definition) is 2. The third-order valence-electron chi connectivity index (χ3n) is 3.18. The maximum atomic E-state index is 13.6. The lowest BCUT2D eigenvalue weighted by molar-refractivity contribution is -0.125. The Bertz CT molecular complexity index is 914. The molecule has 1 amide bonds. The summed E-state index contributed by atoms with van der Waals surface area (Å²) < 4.78 is 45.2. The summed E-state index contributed by atoms with van der Waals surface area (Å²) in [5, 5.41) is 0. The van der Waals surface area contributed by atoms with E-state index in [2.05, 4.69) is 4.72 Å². The SMILES string of the molecule is C[C@H](OC(=O)c1cccc(S(=O)(=O)Nc2ccccc2F)c1)C(N)=O. The van der Waals surface area contributed by atoms with Crippen LogP contribution in [0.1, 0.15) is 17.3 Å². The van der Waals surface area contributed by atoms with E-state index in [0.717, 1.165) is 12.1 Å². The molecule has 0 aliphatic carbocycles. The number of carbonyl (C=O) groups is 2. The van der Waals surface area contributed by atoms with Gasteiger partial charge in [-0.15, -0.1) is 0 Å². The van der Waals surface area contributed by atoms with Crippen molar-refractivity contribution in [3.63, 3.8) is 0 Å². The van der Waals surface area contributed by atoms with Gasteiger partial charge < -0.3 is 10.5 Å². The number of hydrogen-bond acceptors (Lipinski definition) is 5. The van der Waals surface area contributed by atoms with Gasteiger partial charge in [-0.05, 0) is 37.3 Å². The molecule has 1 atom stereocenters. The Hall–Kier alpha value is -2.94. The van der Waals surface area contributed by atoms with Crippen LogP contribution in [-0.4, -0.2) is 26.4 Å². The molecular weight excluding hydrogens is 351 g/mol. The molecule has 0 unspecified atom stereocenters. The first-order chi connectivity index (χ1) is 11.7. The molecule has 2 aromatic carbocycles. The van der Waals surface area contributed by atoms with Crippen LogP contribution in [0.2, 0.25) is 0 Å². The van der Waals surface area contributed by atoms with Crippen LogP contribution in [0.4, 0.5) is 10.1 Å². The minimum absolute atomic E-state index is 0.0930. The highest BCUT2D eigenvalue weighted by atomic mass is 32.2. The molecular formula is C16H15FN2O5S. The first-order valence-electron chi connectivity index (χ1n) is 7.08. The fourth-order valence-electron chi connectivity index (χ4n) is 1.82. The first-order valence-corrected chi connectivity index (χ1v) is 8.57. The number of anilines is 1. The van der Waals surface area contributed by atoms with Crippen LogP contribution in [0, 0.1) is 5.82 Å². The standard InChI is InChI=1S/C16H15FN2O5S/c1-10(15(18)20)24-16(21)11-5-4-6-12(9-11)25(22,23)19-14-8-3-2-7-13(14)17/h2-10,19H,1H3,(H2,18,20)/t10-/m0/s1. The number of nitrogens with two attached hydrogens (primary N) is 1. The van der Waals surface area contributed by atoms with E-state index in [-0.39, 0.29) is 16.1 Å². The summed E-state index contributed by atoms with van der Waals surface area (Å²) >= 11 is 0. The average molecular weight is 366 g/mol. The molecule has 0 saturated heterocycles. The molecule has 0 spiro atoms. The predicted octanol–water partition coefficient (Wildman–Crippen LogP) is 1.66. The van der Waals surface area contributed by atoms with Gasteiger partial charge in [0.25, 0.3) is 15.9 Å². The van der Waals surface area contributed by atoms with Gasteiger partial charge in [-0.25, -0.2) is 17.6 Å². The number of carbonyl (C=O) groups excluding carboxylic acids is 2. The van der Waals surface area contributed by atoms with Crippen LogP contribution in [0.25, 0.3) is 0 Å². The summed E-state index contributed by atoms with van der Waals surface area (Å²) in [5.74, 6) is -2.48. The average Bonchev–Trinajstić information content (AvgIpc) is 2.56. The van der Waals surface area contributed by atoms with Crippen molar-refractivity contribution < 1.29 is 27.1 Å². The fraction of sp³-hybridized carbons (Fsp3) is 0.125. The van der Waals surface area contributed by atoms with Crippen molar-refractivity contribution in [3.05, 3.63) is 59.9 Å². The Morgan fingerprint density at radius 2 is 1.84 bits per heavy atom. The summed E-state index contributed by atoms with van der Waals surface area (Å²) in [5.41, 5.74) is 4.69. The van der Waals surface area contributed by atoms with Gasteiger partial charge in [-0.3, -0.25) is 9.52 Å². The highest BCUT2D eigenvalue weighted by Gasteiger charge is 2.20. The van der Waals surface area contributed by atoms with Gasteiger partial charge in [-0.1, -0.05) is 18.2 Å². The number of primary amides is 1. The van der Waals surface area contributed by atoms with E-state index in [1.54, 1.807) is 0 Å². The van der Waals surface area contributed by atoms with E-state index >= 15 is 0 Å². The normalized spacial score (nSPS) is 12.2.